The van der Waals surface area contributed by atoms with Crippen molar-refractivity contribution in [2.75, 3.05) is 18.4 Å². The van der Waals surface area contributed by atoms with Gasteiger partial charge in [0.1, 0.15) is 34.5 Å². The Balaban J connectivity index is 1.21. The van der Waals surface area contributed by atoms with E-state index in [2.05, 4.69) is 30.6 Å². The van der Waals surface area contributed by atoms with Crippen LogP contribution in [0.25, 0.3) is 21.6 Å². The fraction of sp³-hybridized carbons (Fsp3) is 0.385. The smallest absolute Gasteiger partial charge is 0.410 e. The number of nitrogens with one attached hydrogen (secondary N) is 2. The molecule has 204 valence electrons. The third kappa shape index (κ3) is 6.14. The van der Waals surface area contributed by atoms with Crippen molar-refractivity contribution >= 4 is 45.3 Å². The van der Waals surface area contributed by atoms with Gasteiger partial charge in [0, 0.05) is 38.1 Å². The zero-order valence-electron chi connectivity index (χ0n) is 21.8. The lowest BCUT2D eigenvalue weighted by molar-refractivity contribution is -0.125. The van der Waals surface area contributed by atoms with Crippen LogP contribution in [0, 0.1) is 5.82 Å². The van der Waals surface area contributed by atoms with E-state index in [4.69, 9.17) is 4.74 Å². The van der Waals surface area contributed by atoms with Crippen LogP contribution < -0.4 is 10.6 Å². The molecular weight excluding hydrogens is 523 g/mol. The number of amides is 2. The number of anilines is 2. The topological polar surface area (TPSA) is 127 Å². The standard InChI is InChI=1S/C26H29FN8O3S/c1-26(2,3)38-25(37)35-10-5-7-18(35)23(36)29-9-11-34-15-32-17-13-30-21(12-19(17)34)33-24-31-14-20(39-24)22-16(27)6-4-8-28-22/h4,6,8,12-15,18H,5,7,9-11H2,1-3H3,(H,29,36)(H,30,31,33)/t18-/m0/s1. The van der Waals surface area contributed by atoms with Gasteiger partial charge in [0.15, 0.2) is 5.13 Å². The first-order chi connectivity index (χ1) is 18.7. The van der Waals surface area contributed by atoms with Gasteiger partial charge in [-0.25, -0.2) is 24.1 Å². The van der Waals surface area contributed by atoms with E-state index in [1.54, 1.807) is 45.6 Å². The quantitative estimate of drug-likeness (QED) is 0.347. The predicted molar refractivity (Wildman–Crippen MR) is 145 cm³/mol. The summed E-state index contributed by atoms with van der Waals surface area (Å²) >= 11 is 1.27. The minimum Gasteiger partial charge on any atom is -0.444 e. The van der Waals surface area contributed by atoms with Crippen molar-refractivity contribution in [2.24, 2.45) is 0 Å². The molecule has 2 N–H and O–H groups in total. The van der Waals surface area contributed by atoms with Crippen molar-refractivity contribution in [3.8, 4) is 10.6 Å². The highest BCUT2D eigenvalue weighted by atomic mass is 32.1. The van der Waals surface area contributed by atoms with Crippen LogP contribution >= 0.6 is 11.3 Å². The molecule has 0 bridgehead atoms. The molecule has 1 saturated heterocycles. The molecule has 0 radical (unpaired) electrons. The number of hydrogen-bond donors (Lipinski definition) is 2. The van der Waals surface area contributed by atoms with E-state index in [0.717, 1.165) is 11.9 Å². The minimum absolute atomic E-state index is 0.198. The number of aromatic nitrogens is 5. The minimum atomic E-state index is -0.620. The summed E-state index contributed by atoms with van der Waals surface area (Å²) < 4.78 is 21.4. The summed E-state index contributed by atoms with van der Waals surface area (Å²) in [6.07, 6.45) is 7.33. The number of thiazole rings is 1. The molecule has 1 aliphatic heterocycles. The molecular formula is C26H29FN8O3S. The Kier molecular flexibility index (Phi) is 7.42. The van der Waals surface area contributed by atoms with Crippen LogP contribution in [0.15, 0.2) is 43.1 Å². The van der Waals surface area contributed by atoms with Crippen LogP contribution in [0.1, 0.15) is 33.6 Å². The van der Waals surface area contributed by atoms with Crippen molar-refractivity contribution in [3.63, 3.8) is 0 Å². The van der Waals surface area contributed by atoms with Crippen LogP contribution in [0.2, 0.25) is 0 Å². The number of ether oxygens (including phenoxy) is 1. The predicted octanol–water partition coefficient (Wildman–Crippen LogP) is 4.35. The lowest BCUT2D eigenvalue weighted by Gasteiger charge is -2.28. The lowest BCUT2D eigenvalue weighted by atomic mass is 10.2. The van der Waals surface area contributed by atoms with Gasteiger partial charge in [-0.2, -0.15) is 0 Å². The Labute approximate surface area is 228 Å². The molecule has 0 aliphatic carbocycles. The van der Waals surface area contributed by atoms with Crippen LogP contribution in [0.4, 0.5) is 20.1 Å². The van der Waals surface area contributed by atoms with E-state index in [1.165, 1.54) is 28.5 Å². The summed E-state index contributed by atoms with van der Waals surface area (Å²) in [5.41, 5.74) is 1.16. The lowest BCUT2D eigenvalue weighted by Crippen LogP contribution is -2.48. The Bertz CT molecular complexity index is 1500. The fourth-order valence-corrected chi connectivity index (χ4v) is 5.14. The SMILES string of the molecule is CC(C)(C)OC(=O)N1CCC[C@H]1C(=O)NCCn1cnc2cnc(Nc3ncc(-c4ncccc4F)s3)cc21. The molecule has 0 unspecified atom stereocenters. The van der Waals surface area contributed by atoms with Gasteiger partial charge in [-0.3, -0.25) is 14.7 Å². The molecule has 13 heteroatoms. The first kappa shape index (κ1) is 26.5. The van der Waals surface area contributed by atoms with E-state index in [9.17, 15) is 14.0 Å². The molecule has 0 saturated carbocycles. The van der Waals surface area contributed by atoms with Gasteiger partial charge in [0.05, 0.1) is 22.9 Å². The van der Waals surface area contributed by atoms with E-state index in [0.29, 0.717) is 47.4 Å². The second kappa shape index (κ2) is 10.9. The Hall–Kier alpha value is -4.13. The summed E-state index contributed by atoms with van der Waals surface area (Å²) in [5, 5.41) is 6.64. The van der Waals surface area contributed by atoms with Crippen LogP contribution in [-0.2, 0) is 16.1 Å². The van der Waals surface area contributed by atoms with Gasteiger partial charge >= 0.3 is 6.09 Å². The van der Waals surface area contributed by atoms with Crippen LogP contribution in [-0.4, -0.2) is 66.1 Å². The Morgan fingerprint density at radius 3 is 2.85 bits per heavy atom. The molecule has 1 atom stereocenters. The molecule has 0 aromatic carbocycles. The zero-order valence-corrected chi connectivity index (χ0v) is 22.7. The fourth-order valence-electron chi connectivity index (χ4n) is 4.32. The number of halogens is 1. The number of fused-ring (bicyclic) bond motifs is 1. The van der Waals surface area contributed by atoms with Crippen LogP contribution in [0.3, 0.4) is 0 Å². The maximum Gasteiger partial charge on any atom is 0.410 e. The zero-order chi connectivity index (χ0) is 27.6. The summed E-state index contributed by atoms with van der Waals surface area (Å²) in [6.45, 7) is 6.75. The Morgan fingerprint density at radius 1 is 1.21 bits per heavy atom. The average molecular weight is 553 g/mol. The molecule has 1 fully saturated rings. The molecule has 5 rings (SSSR count). The number of pyridine rings is 2. The highest BCUT2D eigenvalue weighted by Gasteiger charge is 2.36. The maximum absolute atomic E-state index is 14.1. The average Bonchev–Trinajstić information content (AvgIpc) is 3.63. The number of carbonyl (C=O) groups excluding carboxylic acids is 2. The summed E-state index contributed by atoms with van der Waals surface area (Å²) in [5.74, 6) is -0.0564. The highest BCUT2D eigenvalue weighted by Crippen LogP contribution is 2.31. The van der Waals surface area contributed by atoms with E-state index >= 15 is 0 Å². The molecule has 11 nitrogen and oxygen atoms in total. The largest absolute Gasteiger partial charge is 0.444 e. The Morgan fingerprint density at radius 2 is 2.05 bits per heavy atom. The van der Waals surface area contributed by atoms with Crippen molar-refractivity contribution < 1.29 is 18.7 Å². The van der Waals surface area contributed by atoms with Crippen molar-refractivity contribution in [1.29, 1.82) is 0 Å². The summed E-state index contributed by atoms with van der Waals surface area (Å²) in [4.78, 5) is 44.7. The van der Waals surface area contributed by atoms with Gasteiger partial charge in [0.2, 0.25) is 5.91 Å². The monoisotopic (exact) mass is 552 g/mol. The van der Waals surface area contributed by atoms with Gasteiger partial charge in [0.25, 0.3) is 0 Å². The molecule has 39 heavy (non-hydrogen) atoms. The first-order valence-electron chi connectivity index (χ1n) is 12.6. The number of likely N-dealkylation sites (tertiary alicyclic amines) is 1. The number of hydrogen-bond acceptors (Lipinski definition) is 9. The van der Waals surface area contributed by atoms with Crippen molar-refractivity contribution in [1.82, 2.24) is 34.7 Å². The maximum atomic E-state index is 14.1. The van der Waals surface area contributed by atoms with E-state index in [1.807, 2.05) is 10.6 Å². The molecule has 4 aromatic heterocycles. The first-order valence-corrected chi connectivity index (χ1v) is 13.4. The molecule has 5 heterocycles. The summed E-state index contributed by atoms with van der Waals surface area (Å²) in [7, 11) is 0. The van der Waals surface area contributed by atoms with Crippen LogP contribution in [0.5, 0.6) is 0 Å². The van der Waals surface area contributed by atoms with Gasteiger partial charge in [-0.15, -0.1) is 0 Å². The van der Waals surface area contributed by atoms with Gasteiger partial charge in [-0.05, 0) is 45.7 Å². The number of rotatable bonds is 7. The highest BCUT2D eigenvalue weighted by molar-refractivity contribution is 7.18. The number of nitrogens with zero attached hydrogens (tertiary/aromatic N) is 6. The van der Waals surface area contributed by atoms with Crippen molar-refractivity contribution in [3.05, 3.63) is 48.9 Å². The normalized spacial score (nSPS) is 15.5. The molecule has 2 amide bonds. The van der Waals surface area contributed by atoms with E-state index < -0.39 is 23.6 Å². The summed E-state index contributed by atoms with van der Waals surface area (Å²) in [6, 6.07) is 4.20. The van der Waals surface area contributed by atoms with Gasteiger partial charge in [-0.1, -0.05) is 11.3 Å². The molecule has 0 spiro atoms. The van der Waals surface area contributed by atoms with E-state index in [-0.39, 0.29) is 11.6 Å². The van der Waals surface area contributed by atoms with Gasteiger partial charge < -0.3 is 19.9 Å². The second-order valence-corrected chi connectivity index (χ2v) is 11.1. The molecule has 1 aliphatic rings. The number of carbonyl (C=O) groups is 2. The third-order valence-electron chi connectivity index (χ3n) is 6.08. The second-order valence-electron chi connectivity index (χ2n) is 10.1. The third-order valence-corrected chi connectivity index (χ3v) is 6.99. The molecule has 4 aromatic rings. The van der Waals surface area contributed by atoms with Crippen molar-refractivity contribution in [2.45, 2.75) is 51.8 Å². The number of imidazole rings is 1.